The van der Waals surface area contributed by atoms with Crippen molar-refractivity contribution in [2.24, 2.45) is 0 Å². The summed E-state index contributed by atoms with van der Waals surface area (Å²) in [6, 6.07) is 16.5. The van der Waals surface area contributed by atoms with Crippen LogP contribution in [-0.2, 0) is 0 Å². The van der Waals surface area contributed by atoms with Crippen LogP contribution in [0.1, 0.15) is 5.56 Å². The van der Waals surface area contributed by atoms with Crippen molar-refractivity contribution in [3.63, 3.8) is 0 Å². The Balaban J connectivity index is 2.02. The lowest BCUT2D eigenvalue weighted by molar-refractivity contribution is 0.488. The largest absolute Gasteiger partial charge is 0.457 e. The van der Waals surface area contributed by atoms with Crippen molar-refractivity contribution in [3.05, 3.63) is 60.3 Å². The summed E-state index contributed by atoms with van der Waals surface area (Å²) in [6.07, 6.45) is 1.74. The van der Waals surface area contributed by atoms with Gasteiger partial charge in [0, 0.05) is 17.6 Å². The molecule has 0 saturated carbocycles. The summed E-state index contributed by atoms with van der Waals surface area (Å²) in [6.45, 7) is 0. The number of nitriles is 1. The van der Waals surface area contributed by atoms with E-state index in [1.165, 1.54) is 0 Å². The van der Waals surface area contributed by atoms with E-state index in [0.29, 0.717) is 22.7 Å². The number of aromatic nitrogens is 1. The number of anilines is 1. The van der Waals surface area contributed by atoms with Crippen LogP contribution in [0.4, 0.5) is 5.69 Å². The molecule has 4 nitrogen and oxygen atoms in total. The zero-order chi connectivity index (χ0) is 13.9. The maximum absolute atomic E-state index is 8.86. The Morgan fingerprint density at radius 2 is 2.00 bits per heavy atom. The van der Waals surface area contributed by atoms with E-state index in [9.17, 15) is 0 Å². The molecule has 0 bridgehead atoms. The quantitative estimate of drug-likeness (QED) is 0.717. The Labute approximate surface area is 116 Å². The Kier molecular flexibility index (Phi) is 2.94. The minimum Gasteiger partial charge on any atom is -0.457 e. The van der Waals surface area contributed by atoms with E-state index in [1.54, 1.807) is 24.4 Å². The molecule has 0 atom stereocenters. The standard InChI is InChI=1S/C16H11N3O/c17-10-11-6-7-12(9-14(11)18)20-16-5-1-4-15-13(16)3-2-8-19-15/h1-9H,18H2. The molecule has 2 N–H and O–H groups in total. The molecule has 0 saturated heterocycles. The van der Waals surface area contributed by atoms with Gasteiger partial charge in [-0.1, -0.05) is 6.07 Å². The van der Waals surface area contributed by atoms with Crippen molar-refractivity contribution in [3.8, 4) is 17.6 Å². The van der Waals surface area contributed by atoms with Crippen molar-refractivity contribution in [1.82, 2.24) is 4.98 Å². The number of pyridine rings is 1. The SMILES string of the molecule is N#Cc1ccc(Oc2cccc3ncccc23)cc1N. The molecule has 0 radical (unpaired) electrons. The minimum atomic E-state index is 0.406. The maximum Gasteiger partial charge on any atom is 0.136 e. The second kappa shape index (κ2) is 4.90. The normalized spacial score (nSPS) is 10.2. The van der Waals surface area contributed by atoms with Gasteiger partial charge in [0.15, 0.2) is 0 Å². The van der Waals surface area contributed by atoms with Crippen molar-refractivity contribution >= 4 is 16.6 Å². The Bertz CT molecular complexity index is 816. The average Bonchev–Trinajstić information content (AvgIpc) is 2.48. The lowest BCUT2D eigenvalue weighted by atomic mass is 10.2. The molecule has 0 spiro atoms. The molecule has 0 aliphatic rings. The molecule has 20 heavy (non-hydrogen) atoms. The van der Waals surface area contributed by atoms with Gasteiger partial charge in [-0.05, 0) is 36.4 Å². The highest BCUT2D eigenvalue weighted by Gasteiger charge is 2.05. The van der Waals surface area contributed by atoms with Gasteiger partial charge in [0.25, 0.3) is 0 Å². The number of nitrogens with zero attached hydrogens (tertiary/aromatic N) is 2. The minimum absolute atomic E-state index is 0.406. The van der Waals surface area contributed by atoms with Gasteiger partial charge in [-0.2, -0.15) is 5.26 Å². The van der Waals surface area contributed by atoms with Gasteiger partial charge in [-0.15, -0.1) is 0 Å². The second-order valence-electron chi connectivity index (χ2n) is 4.29. The molecule has 3 rings (SSSR count). The summed E-state index contributed by atoms with van der Waals surface area (Å²) in [5.41, 5.74) is 7.50. The zero-order valence-electron chi connectivity index (χ0n) is 10.6. The third-order valence-corrected chi connectivity index (χ3v) is 2.98. The number of rotatable bonds is 2. The Morgan fingerprint density at radius 3 is 2.80 bits per heavy atom. The molecule has 0 amide bonds. The fourth-order valence-electron chi connectivity index (χ4n) is 2.00. The Morgan fingerprint density at radius 1 is 1.10 bits per heavy atom. The van der Waals surface area contributed by atoms with Gasteiger partial charge in [-0.25, -0.2) is 0 Å². The highest BCUT2D eigenvalue weighted by Crippen LogP contribution is 2.30. The van der Waals surface area contributed by atoms with Crippen LogP contribution in [0.2, 0.25) is 0 Å². The van der Waals surface area contributed by atoms with Crippen LogP contribution >= 0.6 is 0 Å². The van der Waals surface area contributed by atoms with E-state index < -0.39 is 0 Å². The van der Waals surface area contributed by atoms with Gasteiger partial charge in [0.2, 0.25) is 0 Å². The summed E-state index contributed by atoms with van der Waals surface area (Å²) in [5.74, 6) is 1.30. The van der Waals surface area contributed by atoms with Gasteiger partial charge in [0.1, 0.15) is 17.6 Å². The molecular weight excluding hydrogens is 250 g/mol. The summed E-state index contributed by atoms with van der Waals surface area (Å²) >= 11 is 0. The number of ether oxygens (including phenoxy) is 1. The predicted octanol–water partition coefficient (Wildman–Crippen LogP) is 3.48. The van der Waals surface area contributed by atoms with Crippen molar-refractivity contribution < 1.29 is 4.74 Å². The van der Waals surface area contributed by atoms with Gasteiger partial charge in [-0.3, -0.25) is 4.98 Å². The highest BCUT2D eigenvalue weighted by atomic mass is 16.5. The Hall–Kier alpha value is -3.06. The monoisotopic (exact) mass is 261 g/mol. The first kappa shape index (κ1) is 12.0. The van der Waals surface area contributed by atoms with E-state index in [-0.39, 0.29) is 0 Å². The van der Waals surface area contributed by atoms with E-state index in [4.69, 9.17) is 15.7 Å². The number of nitrogen functional groups attached to an aromatic ring is 1. The zero-order valence-corrected chi connectivity index (χ0v) is 10.6. The van der Waals surface area contributed by atoms with E-state index in [2.05, 4.69) is 4.98 Å². The third kappa shape index (κ3) is 2.13. The number of nitrogens with two attached hydrogens (primary N) is 1. The molecule has 96 valence electrons. The first-order valence-corrected chi connectivity index (χ1v) is 6.09. The van der Waals surface area contributed by atoms with Crippen LogP contribution in [0.25, 0.3) is 10.9 Å². The summed E-state index contributed by atoms with van der Waals surface area (Å²) in [7, 11) is 0. The van der Waals surface area contributed by atoms with Crippen LogP contribution in [0.15, 0.2) is 54.7 Å². The topological polar surface area (TPSA) is 71.9 Å². The molecular formula is C16H11N3O. The molecule has 2 aromatic carbocycles. The average molecular weight is 261 g/mol. The van der Waals surface area contributed by atoms with E-state index in [1.807, 2.05) is 36.4 Å². The molecule has 4 heteroatoms. The van der Waals surface area contributed by atoms with Crippen molar-refractivity contribution in [2.45, 2.75) is 0 Å². The van der Waals surface area contributed by atoms with Crippen LogP contribution in [0.5, 0.6) is 11.5 Å². The molecule has 3 aromatic rings. The molecule has 1 aromatic heterocycles. The van der Waals surface area contributed by atoms with Crippen LogP contribution in [-0.4, -0.2) is 4.98 Å². The summed E-state index contributed by atoms with van der Waals surface area (Å²) in [5, 5.41) is 9.79. The number of hydrogen-bond acceptors (Lipinski definition) is 4. The summed E-state index contributed by atoms with van der Waals surface area (Å²) in [4.78, 5) is 4.28. The fraction of sp³-hybridized carbons (Fsp3) is 0. The fourth-order valence-corrected chi connectivity index (χ4v) is 2.00. The van der Waals surface area contributed by atoms with Gasteiger partial charge >= 0.3 is 0 Å². The maximum atomic E-state index is 8.86. The molecule has 0 unspecified atom stereocenters. The number of hydrogen-bond donors (Lipinski definition) is 1. The smallest absolute Gasteiger partial charge is 0.136 e. The third-order valence-electron chi connectivity index (χ3n) is 2.98. The molecule has 0 aliphatic carbocycles. The lowest BCUT2D eigenvalue weighted by Gasteiger charge is -2.09. The summed E-state index contributed by atoms with van der Waals surface area (Å²) < 4.78 is 5.84. The van der Waals surface area contributed by atoms with Gasteiger partial charge < -0.3 is 10.5 Å². The van der Waals surface area contributed by atoms with Crippen LogP contribution in [0, 0.1) is 11.3 Å². The molecule has 0 aliphatic heterocycles. The van der Waals surface area contributed by atoms with E-state index in [0.717, 1.165) is 10.9 Å². The molecule has 1 heterocycles. The lowest BCUT2D eigenvalue weighted by Crippen LogP contribution is -1.92. The van der Waals surface area contributed by atoms with Crippen molar-refractivity contribution in [2.75, 3.05) is 5.73 Å². The predicted molar refractivity (Wildman–Crippen MR) is 77.4 cm³/mol. The number of fused-ring (bicyclic) bond motifs is 1. The van der Waals surface area contributed by atoms with Gasteiger partial charge in [0.05, 0.1) is 16.8 Å². The second-order valence-corrected chi connectivity index (χ2v) is 4.29. The van der Waals surface area contributed by atoms with Crippen LogP contribution in [0.3, 0.4) is 0 Å². The van der Waals surface area contributed by atoms with Crippen molar-refractivity contribution in [1.29, 1.82) is 5.26 Å². The molecule has 0 fully saturated rings. The van der Waals surface area contributed by atoms with E-state index >= 15 is 0 Å². The highest BCUT2D eigenvalue weighted by molar-refractivity contribution is 5.85. The number of benzene rings is 2. The first-order chi connectivity index (χ1) is 9.78. The first-order valence-electron chi connectivity index (χ1n) is 6.09. The van der Waals surface area contributed by atoms with Crippen LogP contribution < -0.4 is 10.5 Å².